The summed E-state index contributed by atoms with van der Waals surface area (Å²) in [5, 5.41) is 2.74. The van der Waals surface area contributed by atoms with Gasteiger partial charge in [-0.05, 0) is 32.6 Å². The first-order valence-corrected chi connectivity index (χ1v) is 7.97. The molecule has 3 rings (SSSR count). The van der Waals surface area contributed by atoms with Gasteiger partial charge in [-0.1, -0.05) is 12.2 Å². The molecule has 1 heterocycles. The lowest BCUT2D eigenvalue weighted by molar-refractivity contribution is -0.159. The summed E-state index contributed by atoms with van der Waals surface area (Å²) in [7, 11) is 0. The van der Waals surface area contributed by atoms with Crippen molar-refractivity contribution in [2.45, 2.75) is 44.8 Å². The van der Waals surface area contributed by atoms with Gasteiger partial charge in [-0.3, -0.25) is 24.1 Å². The number of rotatable bonds is 5. The molecular weight excluding hydrogens is 300 g/mol. The number of hydrogen-bond donors (Lipinski definition) is 1. The molecule has 23 heavy (non-hydrogen) atoms. The molecule has 0 aromatic rings. The molecule has 3 amide bonds. The molecular formula is C16H20N2O5. The quantitative estimate of drug-likeness (QED) is 0.442. The van der Waals surface area contributed by atoms with Crippen LogP contribution < -0.4 is 5.32 Å². The second kappa shape index (κ2) is 6.14. The second-order valence-electron chi connectivity index (χ2n) is 6.33. The van der Waals surface area contributed by atoms with Crippen LogP contribution in [0.2, 0.25) is 0 Å². The Balaban J connectivity index is 1.54. The highest BCUT2D eigenvalue weighted by Crippen LogP contribution is 2.34. The number of likely N-dealkylation sites (tertiary alicyclic amines) is 1. The van der Waals surface area contributed by atoms with Gasteiger partial charge in [-0.25, -0.2) is 0 Å². The predicted octanol–water partition coefficient (Wildman–Crippen LogP) is 0.148. The molecule has 1 N–H and O–H groups in total. The predicted molar refractivity (Wildman–Crippen MR) is 78.8 cm³/mol. The monoisotopic (exact) mass is 320 g/mol. The van der Waals surface area contributed by atoms with Crippen molar-refractivity contribution in [3.63, 3.8) is 0 Å². The fraction of sp³-hybridized carbons (Fsp3) is 0.625. The van der Waals surface area contributed by atoms with E-state index in [9.17, 15) is 19.2 Å². The summed E-state index contributed by atoms with van der Waals surface area (Å²) in [4.78, 5) is 49.2. The minimum atomic E-state index is -0.931. The van der Waals surface area contributed by atoms with Gasteiger partial charge in [-0.15, -0.1) is 0 Å². The SMILES string of the molecule is C[C@H](OC(=O)CN1C(=O)[C@H]2CC=CC[C@@H]2C1=O)C(=O)NC1CC1. The van der Waals surface area contributed by atoms with Gasteiger partial charge in [0.25, 0.3) is 5.91 Å². The number of esters is 1. The Morgan fingerprint density at radius 2 is 1.78 bits per heavy atom. The van der Waals surface area contributed by atoms with Crippen LogP contribution in [0.4, 0.5) is 0 Å². The Bertz CT molecular complexity index is 555. The number of carbonyl (C=O) groups is 4. The molecule has 1 saturated carbocycles. The van der Waals surface area contributed by atoms with Crippen LogP contribution in [0.25, 0.3) is 0 Å². The summed E-state index contributed by atoms with van der Waals surface area (Å²) < 4.78 is 5.04. The van der Waals surface area contributed by atoms with Gasteiger partial charge in [0.05, 0.1) is 11.8 Å². The number of fused-ring (bicyclic) bond motifs is 1. The molecule has 2 fully saturated rings. The summed E-state index contributed by atoms with van der Waals surface area (Å²) in [6.07, 6.45) is 5.79. The van der Waals surface area contributed by atoms with Crippen LogP contribution in [0, 0.1) is 11.8 Å². The number of ether oxygens (including phenoxy) is 1. The van der Waals surface area contributed by atoms with Gasteiger partial charge in [0, 0.05) is 6.04 Å². The third kappa shape index (κ3) is 3.28. The molecule has 0 spiro atoms. The third-order valence-electron chi connectivity index (χ3n) is 4.49. The van der Waals surface area contributed by atoms with E-state index in [1.807, 2.05) is 12.2 Å². The molecule has 1 saturated heterocycles. The Hall–Kier alpha value is -2.18. The van der Waals surface area contributed by atoms with Crippen LogP contribution in [-0.4, -0.2) is 47.3 Å². The highest BCUT2D eigenvalue weighted by Gasteiger charge is 2.47. The van der Waals surface area contributed by atoms with Crippen molar-refractivity contribution < 1.29 is 23.9 Å². The molecule has 0 unspecified atom stereocenters. The zero-order valence-corrected chi connectivity index (χ0v) is 13.0. The van der Waals surface area contributed by atoms with E-state index in [0.717, 1.165) is 17.7 Å². The maximum Gasteiger partial charge on any atom is 0.326 e. The number of allylic oxidation sites excluding steroid dienone is 2. The summed E-state index contributed by atoms with van der Waals surface area (Å²) in [5.41, 5.74) is 0. The number of carbonyl (C=O) groups excluding carboxylic acids is 4. The number of hydrogen-bond acceptors (Lipinski definition) is 5. The molecule has 0 aromatic heterocycles. The van der Waals surface area contributed by atoms with Crippen molar-refractivity contribution in [1.29, 1.82) is 0 Å². The zero-order valence-electron chi connectivity index (χ0n) is 13.0. The fourth-order valence-corrected chi connectivity index (χ4v) is 2.99. The lowest BCUT2D eigenvalue weighted by Gasteiger charge is -2.17. The standard InChI is InChI=1S/C16H20N2O5/c1-9(14(20)17-10-6-7-10)23-13(19)8-18-15(21)11-4-2-3-5-12(11)16(18)22/h2-3,9-12H,4-8H2,1H3,(H,17,20)/t9-,11-,12-/m0/s1. The fourth-order valence-electron chi connectivity index (χ4n) is 2.99. The van der Waals surface area contributed by atoms with E-state index >= 15 is 0 Å². The summed E-state index contributed by atoms with van der Waals surface area (Å²) >= 11 is 0. The summed E-state index contributed by atoms with van der Waals surface area (Å²) in [6, 6.07) is 0.181. The van der Waals surface area contributed by atoms with Gasteiger partial charge in [0.15, 0.2) is 6.10 Å². The number of nitrogens with one attached hydrogen (secondary N) is 1. The molecule has 2 aliphatic carbocycles. The van der Waals surface area contributed by atoms with Crippen LogP contribution in [0.3, 0.4) is 0 Å². The Morgan fingerprint density at radius 1 is 1.22 bits per heavy atom. The number of amides is 3. The van der Waals surface area contributed by atoms with E-state index in [0.29, 0.717) is 12.8 Å². The second-order valence-corrected chi connectivity index (χ2v) is 6.33. The van der Waals surface area contributed by atoms with Crippen molar-refractivity contribution >= 4 is 23.7 Å². The molecule has 0 aromatic carbocycles. The van der Waals surface area contributed by atoms with Crippen LogP contribution in [0.1, 0.15) is 32.6 Å². The minimum absolute atomic E-state index is 0.181. The maximum absolute atomic E-state index is 12.2. The Kier molecular flexibility index (Phi) is 4.19. The molecule has 124 valence electrons. The van der Waals surface area contributed by atoms with Crippen molar-refractivity contribution in [3.05, 3.63) is 12.2 Å². The minimum Gasteiger partial charge on any atom is -0.451 e. The van der Waals surface area contributed by atoms with Crippen LogP contribution in [0.5, 0.6) is 0 Å². The van der Waals surface area contributed by atoms with Crippen molar-refractivity contribution in [2.24, 2.45) is 11.8 Å². The van der Waals surface area contributed by atoms with Gasteiger partial charge >= 0.3 is 5.97 Å². The van der Waals surface area contributed by atoms with Crippen LogP contribution in [-0.2, 0) is 23.9 Å². The van der Waals surface area contributed by atoms with Gasteiger partial charge < -0.3 is 10.1 Å². The molecule has 3 aliphatic rings. The maximum atomic E-state index is 12.2. The largest absolute Gasteiger partial charge is 0.451 e. The Labute approximate surface area is 134 Å². The summed E-state index contributed by atoms with van der Waals surface area (Å²) in [6.45, 7) is 1.05. The smallest absolute Gasteiger partial charge is 0.326 e. The first-order valence-electron chi connectivity index (χ1n) is 7.97. The van der Waals surface area contributed by atoms with Crippen molar-refractivity contribution in [2.75, 3.05) is 6.54 Å². The van der Waals surface area contributed by atoms with Crippen molar-refractivity contribution in [3.8, 4) is 0 Å². The summed E-state index contributed by atoms with van der Waals surface area (Å²) in [5.74, 6) is -2.46. The van der Waals surface area contributed by atoms with Gasteiger partial charge in [0.2, 0.25) is 11.8 Å². The van der Waals surface area contributed by atoms with Crippen molar-refractivity contribution in [1.82, 2.24) is 10.2 Å². The zero-order chi connectivity index (χ0) is 16.6. The molecule has 7 heteroatoms. The van der Waals surface area contributed by atoms with E-state index in [-0.39, 0.29) is 35.6 Å². The average molecular weight is 320 g/mol. The van der Waals surface area contributed by atoms with E-state index in [1.54, 1.807) is 0 Å². The van der Waals surface area contributed by atoms with Gasteiger partial charge in [-0.2, -0.15) is 0 Å². The first-order chi connectivity index (χ1) is 11.0. The number of imide groups is 1. The van der Waals surface area contributed by atoms with Gasteiger partial charge in [0.1, 0.15) is 6.54 Å². The molecule has 1 aliphatic heterocycles. The third-order valence-corrected chi connectivity index (χ3v) is 4.49. The molecule has 0 bridgehead atoms. The normalized spacial score (nSPS) is 27.6. The van der Waals surface area contributed by atoms with E-state index < -0.39 is 18.6 Å². The lowest BCUT2D eigenvalue weighted by atomic mass is 9.85. The van der Waals surface area contributed by atoms with E-state index in [2.05, 4.69) is 5.32 Å². The lowest BCUT2D eigenvalue weighted by Crippen LogP contribution is -2.41. The highest BCUT2D eigenvalue weighted by molar-refractivity contribution is 6.07. The highest BCUT2D eigenvalue weighted by atomic mass is 16.5. The molecule has 0 radical (unpaired) electrons. The Morgan fingerprint density at radius 3 is 2.30 bits per heavy atom. The van der Waals surface area contributed by atoms with E-state index in [4.69, 9.17) is 4.74 Å². The average Bonchev–Trinajstić information content (AvgIpc) is 3.31. The first kappa shape index (κ1) is 15.7. The molecule has 3 atom stereocenters. The number of nitrogens with zero attached hydrogens (tertiary/aromatic N) is 1. The van der Waals surface area contributed by atoms with E-state index in [1.165, 1.54) is 6.92 Å². The topological polar surface area (TPSA) is 92.8 Å². The van der Waals surface area contributed by atoms with Crippen LogP contribution >= 0.6 is 0 Å². The van der Waals surface area contributed by atoms with Crippen LogP contribution in [0.15, 0.2) is 12.2 Å². The molecule has 7 nitrogen and oxygen atoms in total.